The van der Waals surface area contributed by atoms with E-state index in [1.807, 2.05) is 6.92 Å². The van der Waals surface area contributed by atoms with E-state index in [2.05, 4.69) is 10.2 Å². The Balaban J connectivity index is 2.34. The van der Waals surface area contributed by atoms with E-state index in [0.717, 1.165) is 5.56 Å². The van der Waals surface area contributed by atoms with E-state index in [-0.39, 0.29) is 16.2 Å². The molecule has 0 bridgehead atoms. The number of hydrogen-bond acceptors (Lipinski definition) is 5. The van der Waals surface area contributed by atoms with Gasteiger partial charge in [0.25, 0.3) is 10.1 Å². The summed E-state index contributed by atoms with van der Waals surface area (Å²) >= 11 is 0. The number of aromatic nitrogens is 3. The van der Waals surface area contributed by atoms with E-state index in [1.165, 1.54) is 10.9 Å². The van der Waals surface area contributed by atoms with E-state index in [1.54, 1.807) is 31.2 Å². The molecule has 3 rings (SSSR count). The highest BCUT2D eigenvalue weighted by Crippen LogP contribution is 2.27. The van der Waals surface area contributed by atoms with Crippen LogP contribution in [0, 0.1) is 6.92 Å². The van der Waals surface area contributed by atoms with Gasteiger partial charge < -0.3 is 5.11 Å². The predicted octanol–water partition coefficient (Wildman–Crippen LogP) is 2.24. The Hall–Kier alpha value is -2.45. The largest absolute Gasteiger partial charge is 0.506 e. The predicted molar refractivity (Wildman–Crippen MR) is 84.5 cm³/mol. The Morgan fingerprint density at radius 2 is 1.91 bits per heavy atom. The SMILES string of the molecule is CCc1ccc2nn(-c3cc(C)ccc3O)nc2c1S(=O)(=O)O. The van der Waals surface area contributed by atoms with Gasteiger partial charge in [-0.15, -0.1) is 15.0 Å². The molecular weight excluding hydrogens is 318 g/mol. The van der Waals surface area contributed by atoms with Crippen molar-refractivity contribution in [2.45, 2.75) is 25.2 Å². The maximum atomic E-state index is 11.7. The van der Waals surface area contributed by atoms with Crippen LogP contribution >= 0.6 is 0 Å². The number of nitrogens with zero attached hydrogens (tertiary/aromatic N) is 3. The molecule has 0 saturated heterocycles. The fourth-order valence-electron chi connectivity index (χ4n) is 2.47. The van der Waals surface area contributed by atoms with Crippen LogP contribution in [0.15, 0.2) is 35.2 Å². The van der Waals surface area contributed by atoms with Gasteiger partial charge >= 0.3 is 0 Å². The third-order valence-electron chi connectivity index (χ3n) is 3.57. The highest BCUT2D eigenvalue weighted by Gasteiger charge is 2.22. The van der Waals surface area contributed by atoms with Gasteiger partial charge in [-0.3, -0.25) is 4.55 Å². The molecule has 3 aromatic rings. The summed E-state index contributed by atoms with van der Waals surface area (Å²) < 4.78 is 33.0. The summed E-state index contributed by atoms with van der Waals surface area (Å²) in [4.78, 5) is 0.928. The molecule has 0 saturated carbocycles. The molecule has 7 nitrogen and oxygen atoms in total. The van der Waals surface area contributed by atoms with Crippen LogP contribution in [0.5, 0.6) is 5.75 Å². The van der Waals surface area contributed by atoms with Crippen molar-refractivity contribution >= 4 is 21.2 Å². The molecule has 23 heavy (non-hydrogen) atoms. The highest BCUT2D eigenvalue weighted by atomic mass is 32.2. The van der Waals surface area contributed by atoms with Crippen molar-refractivity contribution < 1.29 is 18.1 Å². The first-order chi connectivity index (χ1) is 10.8. The lowest BCUT2D eigenvalue weighted by Crippen LogP contribution is -2.04. The molecule has 0 radical (unpaired) electrons. The number of benzene rings is 2. The lowest BCUT2D eigenvalue weighted by Gasteiger charge is -2.04. The monoisotopic (exact) mass is 333 g/mol. The normalized spacial score (nSPS) is 12.0. The van der Waals surface area contributed by atoms with Crippen LogP contribution in [0.25, 0.3) is 16.7 Å². The number of phenolic OH excluding ortho intramolecular Hbond substituents is 1. The fourth-order valence-corrected chi connectivity index (χ4v) is 3.40. The van der Waals surface area contributed by atoms with Crippen LogP contribution in [-0.4, -0.2) is 33.1 Å². The Morgan fingerprint density at radius 3 is 2.57 bits per heavy atom. The van der Waals surface area contributed by atoms with Gasteiger partial charge in [0.1, 0.15) is 27.4 Å². The topological polar surface area (TPSA) is 105 Å². The van der Waals surface area contributed by atoms with Crippen LogP contribution in [0.1, 0.15) is 18.1 Å². The van der Waals surface area contributed by atoms with Crippen molar-refractivity contribution in [1.29, 1.82) is 0 Å². The molecule has 0 aliphatic carbocycles. The van der Waals surface area contributed by atoms with Gasteiger partial charge in [-0.1, -0.05) is 19.1 Å². The second-order valence-corrected chi connectivity index (χ2v) is 6.59. The standard InChI is InChI=1S/C15H15N3O4S/c1-3-10-5-6-11-14(15(10)23(20,21)22)17-18(16-11)12-8-9(2)4-7-13(12)19/h4-8,19H,3H2,1-2H3,(H,20,21,22). The molecule has 0 aliphatic rings. The van der Waals surface area contributed by atoms with Gasteiger partial charge in [-0.2, -0.15) is 8.42 Å². The summed E-state index contributed by atoms with van der Waals surface area (Å²) in [5.41, 5.74) is 2.08. The molecule has 1 heterocycles. The van der Waals surface area contributed by atoms with Gasteiger partial charge in [0.05, 0.1) is 0 Å². The molecule has 0 atom stereocenters. The Kier molecular flexibility index (Phi) is 3.57. The average molecular weight is 333 g/mol. The first kappa shape index (κ1) is 15.4. The Labute approximate surface area is 132 Å². The van der Waals surface area contributed by atoms with Gasteiger partial charge in [0.15, 0.2) is 0 Å². The van der Waals surface area contributed by atoms with Gasteiger partial charge in [-0.05, 0) is 42.7 Å². The van der Waals surface area contributed by atoms with Crippen molar-refractivity contribution in [3.05, 3.63) is 41.5 Å². The third kappa shape index (κ3) is 2.66. The molecule has 0 aliphatic heterocycles. The molecular formula is C15H15N3O4S. The van der Waals surface area contributed by atoms with Crippen molar-refractivity contribution in [1.82, 2.24) is 15.0 Å². The lowest BCUT2D eigenvalue weighted by molar-refractivity contribution is 0.467. The number of rotatable bonds is 3. The quantitative estimate of drug-likeness (QED) is 0.712. The number of fused-ring (bicyclic) bond motifs is 1. The number of phenols is 1. The van der Waals surface area contributed by atoms with Crippen LogP contribution in [0.3, 0.4) is 0 Å². The van der Waals surface area contributed by atoms with Gasteiger partial charge in [0, 0.05) is 0 Å². The second kappa shape index (κ2) is 5.32. The number of aryl methyl sites for hydroxylation is 2. The molecule has 0 amide bonds. The van der Waals surface area contributed by atoms with E-state index in [0.29, 0.717) is 23.2 Å². The molecule has 2 N–H and O–H groups in total. The van der Waals surface area contributed by atoms with E-state index in [9.17, 15) is 18.1 Å². The summed E-state index contributed by atoms with van der Waals surface area (Å²) in [5, 5.41) is 18.3. The first-order valence-electron chi connectivity index (χ1n) is 6.97. The minimum atomic E-state index is -4.44. The van der Waals surface area contributed by atoms with Gasteiger partial charge in [0.2, 0.25) is 0 Å². The van der Waals surface area contributed by atoms with Crippen LogP contribution in [0.2, 0.25) is 0 Å². The maximum absolute atomic E-state index is 11.7. The van der Waals surface area contributed by atoms with Crippen molar-refractivity contribution in [3.8, 4) is 11.4 Å². The molecule has 0 spiro atoms. The van der Waals surface area contributed by atoms with E-state index >= 15 is 0 Å². The Morgan fingerprint density at radius 1 is 1.17 bits per heavy atom. The molecule has 120 valence electrons. The molecule has 2 aromatic carbocycles. The van der Waals surface area contributed by atoms with Crippen LogP contribution in [0.4, 0.5) is 0 Å². The fraction of sp³-hybridized carbons (Fsp3) is 0.200. The van der Waals surface area contributed by atoms with E-state index in [4.69, 9.17) is 0 Å². The zero-order chi connectivity index (χ0) is 16.8. The summed E-state index contributed by atoms with van der Waals surface area (Å²) in [6.07, 6.45) is 0.424. The molecule has 1 aromatic heterocycles. The van der Waals surface area contributed by atoms with Gasteiger partial charge in [-0.25, -0.2) is 0 Å². The minimum absolute atomic E-state index is 0.0278. The van der Waals surface area contributed by atoms with Crippen molar-refractivity contribution in [2.75, 3.05) is 0 Å². The van der Waals surface area contributed by atoms with Crippen molar-refractivity contribution in [2.24, 2.45) is 0 Å². The number of aromatic hydroxyl groups is 1. The summed E-state index contributed by atoms with van der Waals surface area (Å²) in [6.45, 7) is 3.64. The zero-order valence-corrected chi connectivity index (χ0v) is 13.4. The molecule has 8 heteroatoms. The van der Waals surface area contributed by atoms with E-state index < -0.39 is 10.1 Å². The highest BCUT2D eigenvalue weighted by molar-refractivity contribution is 7.86. The maximum Gasteiger partial charge on any atom is 0.297 e. The van der Waals surface area contributed by atoms with Crippen LogP contribution in [-0.2, 0) is 16.5 Å². The average Bonchev–Trinajstić information content (AvgIpc) is 2.90. The lowest BCUT2D eigenvalue weighted by atomic mass is 10.1. The first-order valence-corrected chi connectivity index (χ1v) is 8.41. The summed E-state index contributed by atoms with van der Waals surface area (Å²) in [7, 11) is -4.44. The summed E-state index contributed by atoms with van der Waals surface area (Å²) in [6, 6.07) is 8.17. The van der Waals surface area contributed by atoms with Crippen molar-refractivity contribution in [3.63, 3.8) is 0 Å². The Bertz CT molecular complexity index is 1010. The molecule has 0 unspecified atom stereocenters. The van der Waals surface area contributed by atoms with Crippen LogP contribution < -0.4 is 0 Å². The minimum Gasteiger partial charge on any atom is -0.506 e. The molecule has 0 fully saturated rings. The second-order valence-electron chi connectivity index (χ2n) is 5.23. The number of hydrogen-bond donors (Lipinski definition) is 2. The third-order valence-corrected chi connectivity index (χ3v) is 4.55. The smallest absolute Gasteiger partial charge is 0.297 e. The summed E-state index contributed by atoms with van der Waals surface area (Å²) in [5.74, 6) is -0.0278. The zero-order valence-electron chi connectivity index (χ0n) is 12.6.